The predicted octanol–water partition coefficient (Wildman–Crippen LogP) is 0.860. The Hall–Kier alpha value is -3.38. The maximum absolute atomic E-state index is 13.3. The van der Waals surface area contributed by atoms with E-state index in [2.05, 4.69) is 25.9 Å². The van der Waals surface area contributed by atoms with Crippen molar-refractivity contribution in [2.75, 3.05) is 12.0 Å². The largest absolute Gasteiger partial charge is 0.480 e. The number of hydrogen-bond donors (Lipinski definition) is 6. The summed E-state index contributed by atoms with van der Waals surface area (Å²) in [6, 6.07) is 4.94. The molecule has 0 aliphatic heterocycles. The van der Waals surface area contributed by atoms with Gasteiger partial charge in [0.05, 0.1) is 12.4 Å². The van der Waals surface area contributed by atoms with Crippen LogP contribution in [0, 0.1) is 5.92 Å². The smallest absolute Gasteiger partial charge is 0.326 e. The van der Waals surface area contributed by atoms with Gasteiger partial charge in [-0.1, -0.05) is 44.2 Å². The molecule has 0 fully saturated rings. The van der Waals surface area contributed by atoms with Gasteiger partial charge in [-0.15, -0.1) is 0 Å². The Kier molecular flexibility index (Phi) is 12.8. The van der Waals surface area contributed by atoms with E-state index in [1.54, 1.807) is 36.0 Å². The minimum absolute atomic E-state index is 0.0465. The van der Waals surface area contributed by atoms with E-state index < -0.39 is 47.9 Å². The molecule has 1 aromatic carbocycles. The highest BCUT2D eigenvalue weighted by atomic mass is 32.2. The normalized spacial score (nSPS) is 14.2. The first-order valence-electron chi connectivity index (χ1n) is 12.5. The van der Waals surface area contributed by atoms with Gasteiger partial charge < -0.3 is 31.8 Å². The predicted molar refractivity (Wildman–Crippen MR) is 146 cm³/mol. The number of carboxylic acids is 1. The summed E-state index contributed by atoms with van der Waals surface area (Å²) in [4.78, 5) is 58.0. The van der Waals surface area contributed by atoms with Crippen molar-refractivity contribution in [3.63, 3.8) is 0 Å². The fourth-order valence-corrected chi connectivity index (χ4v) is 4.27. The van der Waals surface area contributed by atoms with Gasteiger partial charge in [-0.05, 0) is 36.3 Å². The van der Waals surface area contributed by atoms with E-state index in [0.29, 0.717) is 24.3 Å². The average molecular weight is 547 g/mol. The lowest BCUT2D eigenvalue weighted by molar-refractivity contribution is -0.142. The summed E-state index contributed by atoms with van der Waals surface area (Å²) in [5, 5.41) is 17.7. The highest BCUT2D eigenvalue weighted by molar-refractivity contribution is 7.98. The van der Waals surface area contributed by atoms with Crippen LogP contribution in [0.15, 0.2) is 42.9 Å². The molecule has 0 spiro atoms. The SMILES string of the molecule is CSCCC(N)C(=O)NC(CC(C)C)C(=O)NC(Cc1cnc[nH]1)C(=O)NC(Cc1ccccc1)C(=O)O. The number of nitrogens with two attached hydrogens (primary N) is 1. The number of H-pyrrole nitrogens is 1. The number of imidazole rings is 1. The van der Waals surface area contributed by atoms with Gasteiger partial charge in [-0.2, -0.15) is 11.8 Å². The van der Waals surface area contributed by atoms with Crippen molar-refractivity contribution in [3.05, 3.63) is 54.1 Å². The van der Waals surface area contributed by atoms with Crippen molar-refractivity contribution in [2.24, 2.45) is 11.7 Å². The van der Waals surface area contributed by atoms with Gasteiger partial charge in [0.1, 0.15) is 18.1 Å². The molecule has 0 saturated heterocycles. The van der Waals surface area contributed by atoms with Crippen LogP contribution in [-0.4, -0.2) is 74.9 Å². The number of thioether (sulfide) groups is 1. The zero-order valence-electron chi connectivity index (χ0n) is 22.0. The Balaban J connectivity index is 2.19. The van der Waals surface area contributed by atoms with E-state index in [1.807, 2.05) is 26.2 Å². The number of aromatic amines is 1. The number of carbonyl (C=O) groups is 4. The van der Waals surface area contributed by atoms with Crippen LogP contribution in [0.5, 0.6) is 0 Å². The van der Waals surface area contributed by atoms with Gasteiger partial charge in [0.25, 0.3) is 0 Å². The van der Waals surface area contributed by atoms with Crippen LogP contribution in [0.2, 0.25) is 0 Å². The van der Waals surface area contributed by atoms with E-state index >= 15 is 0 Å². The monoisotopic (exact) mass is 546 g/mol. The fraction of sp³-hybridized carbons (Fsp3) is 0.500. The van der Waals surface area contributed by atoms with E-state index in [1.165, 1.54) is 12.5 Å². The average Bonchev–Trinajstić information content (AvgIpc) is 3.39. The van der Waals surface area contributed by atoms with Crippen LogP contribution in [0.25, 0.3) is 0 Å². The summed E-state index contributed by atoms with van der Waals surface area (Å²) < 4.78 is 0. The molecule has 0 radical (unpaired) electrons. The molecule has 208 valence electrons. The first-order chi connectivity index (χ1) is 18.1. The van der Waals surface area contributed by atoms with Crippen LogP contribution < -0.4 is 21.7 Å². The molecule has 0 saturated carbocycles. The lowest BCUT2D eigenvalue weighted by atomic mass is 10.0. The first kappa shape index (κ1) is 30.8. The number of carboxylic acid groups (broad SMARTS) is 1. The van der Waals surface area contributed by atoms with Gasteiger partial charge in [0.15, 0.2) is 0 Å². The number of hydrogen-bond acceptors (Lipinski definition) is 7. The molecule has 0 aliphatic rings. The lowest BCUT2D eigenvalue weighted by Crippen LogP contribution is -2.58. The quantitative estimate of drug-likeness (QED) is 0.179. The Morgan fingerprint density at radius 3 is 2.18 bits per heavy atom. The molecule has 4 atom stereocenters. The number of nitrogens with zero attached hydrogens (tertiary/aromatic N) is 1. The van der Waals surface area contributed by atoms with E-state index in [9.17, 15) is 24.3 Å². The van der Waals surface area contributed by atoms with E-state index in [-0.39, 0.29) is 18.8 Å². The number of nitrogens with one attached hydrogen (secondary N) is 4. The van der Waals surface area contributed by atoms with Crippen LogP contribution in [0.4, 0.5) is 0 Å². The highest BCUT2D eigenvalue weighted by Gasteiger charge is 2.31. The molecule has 2 aromatic rings. The third kappa shape index (κ3) is 10.5. The van der Waals surface area contributed by atoms with Crippen LogP contribution in [0.3, 0.4) is 0 Å². The summed E-state index contributed by atoms with van der Waals surface area (Å²) in [6.07, 6.45) is 5.79. The topological polar surface area (TPSA) is 179 Å². The molecule has 0 aliphatic carbocycles. The van der Waals surface area contributed by atoms with Crippen molar-refractivity contribution >= 4 is 35.5 Å². The summed E-state index contributed by atoms with van der Waals surface area (Å²) in [7, 11) is 0. The lowest BCUT2D eigenvalue weighted by Gasteiger charge is -2.26. The molecule has 1 heterocycles. The number of aromatic nitrogens is 2. The maximum Gasteiger partial charge on any atom is 0.326 e. The second-order valence-corrected chi connectivity index (χ2v) is 10.5. The van der Waals surface area contributed by atoms with Gasteiger partial charge in [-0.25, -0.2) is 9.78 Å². The Morgan fingerprint density at radius 1 is 0.974 bits per heavy atom. The van der Waals surface area contributed by atoms with Crippen molar-refractivity contribution < 1.29 is 24.3 Å². The van der Waals surface area contributed by atoms with Crippen LogP contribution in [-0.2, 0) is 32.0 Å². The van der Waals surface area contributed by atoms with Gasteiger partial charge in [0, 0.05) is 24.7 Å². The standard InChI is InChI=1S/C26H38N6O5S/c1-16(2)11-20(30-23(33)19(27)9-10-38-3)24(34)31-21(13-18-14-28-15-29-18)25(35)32-22(26(36)37)12-17-7-5-4-6-8-17/h4-8,14-16,19-22H,9-13,27H2,1-3H3,(H,28,29)(H,30,33)(H,31,34)(H,32,35)(H,36,37). The minimum Gasteiger partial charge on any atom is -0.480 e. The Labute approximate surface area is 227 Å². The van der Waals surface area contributed by atoms with Crippen molar-refractivity contribution in [2.45, 2.75) is 63.7 Å². The summed E-state index contributed by atoms with van der Waals surface area (Å²) in [6.45, 7) is 3.83. The summed E-state index contributed by atoms with van der Waals surface area (Å²) >= 11 is 1.57. The van der Waals surface area contributed by atoms with Gasteiger partial charge in [-0.3, -0.25) is 14.4 Å². The first-order valence-corrected chi connectivity index (χ1v) is 13.9. The Morgan fingerprint density at radius 2 is 1.61 bits per heavy atom. The number of amides is 3. The number of rotatable bonds is 16. The van der Waals surface area contributed by atoms with Crippen molar-refractivity contribution in [1.82, 2.24) is 25.9 Å². The minimum atomic E-state index is -1.20. The third-order valence-corrected chi connectivity index (χ3v) is 6.46. The van der Waals surface area contributed by atoms with Crippen molar-refractivity contribution in [1.29, 1.82) is 0 Å². The highest BCUT2D eigenvalue weighted by Crippen LogP contribution is 2.09. The molecule has 4 unspecified atom stereocenters. The second kappa shape index (κ2) is 15.8. The van der Waals surface area contributed by atoms with E-state index in [4.69, 9.17) is 5.73 Å². The molecule has 7 N–H and O–H groups in total. The van der Waals surface area contributed by atoms with Gasteiger partial charge >= 0.3 is 5.97 Å². The molecule has 12 heteroatoms. The fourth-order valence-electron chi connectivity index (χ4n) is 3.78. The van der Waals surface area contributed by atoms with Crippen molar-refractivity contribution in [3.8, 4) is 0 Å². The molecule has 2 rings (SSSR count). The molecular weight excluding hydrogens is 508 g/mol. The Bertz CT molecular complexity index is 1030. The summed E-state index contributed by atoms with van der Waals surface area (Å²) in [5.41, 5.74) is 7.30. The molecular formula is C26H38N6O5S. The number of benzene rings is 1. The molecule has 3 amide bonds. The van der Waals surface area contributed by atoms with Crippen LogP contribution in [0.1, 0.15) is 37.9 Å². The molecule has 11 nitrogen and oxygen atoms in total. The van der Waals surface area contributed by atoms with Crippen LogP contribution >= 0.6 is 11.8 Å². The molecule has 38 heavy (non-hydrogen) atoms. The number of aliphatic carboxylic acids is 1. The maximum atomic E-state index is 13.3. The van der Waals surface area contributed by atoms with Gasteiger partial charge in [0.2, 0.25) is 17.7 Å². The van der Waals surface area contributed by atoms with E-state index in [0.717, 1.165) is 5.56 Å². The molecule has 1 aromatic heterocycles. The zero-order valence-corrected chi connectivity index (χ0v) is 22.8. The number of carbonyl (C=O) groups excluding carboxylic acids is 3. The second-order valence-electron chi connectivity index (χ2n) is 9.51. The zero-order chi connectivity index (χ0) is 28.1. The molecule has 0 bridgehead atoms. The third-order valence-electron chi connectivity index (χ3n) is 5.82. The summed E-state index contributed by atoms with van der Waals surface area (Å²) in [5.74, 6) is -2.09.